The lowest BCUT2D eigenvalue weighted by Gasteiger charge is -2.61. The first-order chi connectivity index (χ1) is 12.4. The first kappa shape index (κ1) is 16.3. The maximum atomic E-state index is 13.8. The Hall–Kier alpha value is -0.690. The van der Waals surface area contributed by atoms with Crippen LogP contribution in [0.25, 0.3) is 0 Å². The molecule has 5 heterocycles. The lowest BCUT2D eigenvalue weighted by Crippen LogP contribution is -3.03. The van der Waals surface area contributed by atoms with Crippen molar-refractivity contribution in [3.63, 3.8) is 0 Å². The summed E-state index contributed by atoms with van der Waals surface area (Å²) in [5.41, 5.74) is 6.07. The fourth-order valence-electron chi connectivity index (χ4n) is 8.10. The second-order valence-electron chi connectivity index (χ2n) is 10.9. The second kappa shape index (κ2) is 5.02. The highest BCUT2D eigenvalue weighted by atomic mass is 16.3. The van der Waals surface area contributed by atoms with E-state index >= 15 is 0 Å². The van der Waals surface area contributed by atoms with E-state index in [2.05, 4.69) is 17.1 Å². The van der Waals surface area contributed by atoms with Gasteiger partial charge in [0.15, 0.2) is 0 Å². The van der Waals surface area contributed by atoms with Crippen LogP contribution in [0.3, 0.4) is 0 Å². The van der Waals surface area contributed by atoms with Crippen LogP contribution >= 0.6 is 0 Å². The van der Waals surface area contributed by atoms with Gasteiger partial charge in [0.2, 0.25) is 0 Å². The van der Waals surface area contributed by atoms with Crippen LogP contribution in [0.2, 0.25) is 0 Å². The molecule has 1 amide bonds. The van der Waals surface area contributed by atoms with Gasteiger partial charge in [-0.15, -0.1) is 0 Å². The third kappa shape index (κ3) is 2.10. The van der Waals surface area contributed by atoms with Crippen LogP contribution in [-0.2, 0) is 4.79 Å². The summed E-state index contributed by atoms with van der Waals surface area (Å²) in [5.74, 6) is 2.69. The highest BCUT2D eigenvalue weighted by Gasteiger charge is 2.66. The molecule has 7 rings (SSSR count). The molecule has 2 saturated carbocycles. The molecule has 6 heteroatoms. The molecule has 7 fully saturated rings. The summed E-state index contributed by atoms with van der Waals surface area (Å²) >= 11 is 0. The van der Waals surface area contributed by atoms with Crippen molar-refractivity contribution in [1.82, 2.24) is 4.90 Å². The molecule has 2 aliphatic carbocycles. The number of quaternary nitrogens is 2. The van der Waals surface area contributed by atoms with Gasteiger partial charge in [0.25, 0.3) is 6.17 Å². The van der Waals surface area contributed by atoms with E-state index in [1.54, 1.807) is 0 Å². The van der Waals surface area contributed by atoms with Crippen molar-refractivity contribution in [2.24, 2.45) is 29.4 Å². The fraction of sp³-hybridized carbons (Fsp3) is 0.950. The van der Waals surface area contributed by atoms with E-state index in [0.29, 0.717) is 35.6 Å². The fourth-order valence-corrected chi connectivity index (χ4v) is 8.10. The molecule has 5 saturated heterocycles. The Balaban J connectivity index is 1.37. The number of fused-ring (bicyclic) bond motifs is 3. The molecule has 144 valence electrons. The number of hydrogen-bond acceptors (Lipinski definition) is 3. The minimum atomic E-state index is -0.519. The monoisotopic (exact) mass is 362 g/mol. The molecule has 0 spiro atoms. The van der Waals surface area contributed by atoms with Crippen molar-refractivity contribution in [1.29, 1.82) is 0 Å². The van der Waals surface area contributed by atoms with E-state index in [1.807, 2.05) is 0 Å². The number of aliphatic hydroxyl groups is 1. The van der Waals surface area contributed by atoms with Gasteiger partial charge in [-0.2, -0.15) is 0 Å². The third-order valence-corrected chi connectivity index (χ3v) is 8.93. The summed E-state index contributed by atoms with van der Waals surface area (Å²) < 4.78 is 0.841. The lowest BCUT2D eigenvalue weighted by atomic mass is 9.64. The topological polar surface area (TPSA) is 83.2 Å². The largest absolute Gasteiger partial charge is 0.384 e. The van der Waals surface area contributed by atoms with E-state index in [0.717, 1.165) is 49.9 Å². The highest BCUT2D eigenvalue weighted by Crippen LogP contribution is 2.52. The SMILES string of the molecule is CC1C[NH2+]C([N+]23CC4CC(CC(O)(C4)C2)C3)C(=O)N2C3CC3CC2C1N. The van der Waals surface area contributed by atoms with E-state index in [9.17, 15) is 9.90 Å². The van der Waals surface area contributed by atoms with E-state index < -0.39 is 5.60 Å². The van der Waals surface area contributed by atoms with Gasteiger partial charge < -0.3 is 15.7 Å². The summed E-state index contributed by atoms with van der Waals surface area (Å²) in [5, 5.41) is 13.5. The van der Waals surface area contributed by atoms with Crippen molar-refractivity contribution in [3.05, 3.63) is 0 Å². The van der Waals surface area contributed by atoms with Crippen LogP contribution in [0.1, 0.15) is 39.0 Å². The summed E-state index contributed by atoms with van der Waals surface area (Å²) in [6, 6.07) is 0.816. The molecular weight excluding hydrogens is 328 g/mol. The van der Waals surface area contributed by atoms with Crippen molar-refractivity contribution in [3.8, 4) is 0 Å². The van der Waals surface area contributed by atoms with Crippen LogP contribution in [0, 0.1) is 23.7 Å². The third-order valence-electron chi connectivity index (χ3n) is 8.93. The van der Waals surface area contributed by atoms with Crippen LogP contribution in [-0.4, -0.2) is 76.5 Å². The normalized spacial score (nSPS) is 60.4. The van der Waals surface area contributed by atoms with Gasteiger partial charge in [-0.3, -0.25) is 14.6 Å². The number of amides is 1. The standard InChI is InChI=1S/C20H33N4O2/c1-11-7-22-18(19(25)23-15-3-14(15)4-16(23)17(11)21)24-8-12-2-13(9-24)6-20(26,5-12)10-24/h11-18,22,26H,2-10,21H2,1H3/q+1/p+1. The molecule has 5 N–H and O–H groups in total. The predicted molar refractivity (Wildman–Crippen MR) is 95.5 cm³/mol. The van der Waals surface area contributed by atoms with Gasteiger partial charge in [0.05, 0.1) is 19.6 Å². The van der Waals surface area contributed by atoms with Crippen molar-refractivity contribution < 1.29 is 19.7 Å². The molecule has 7 aliphatic rings. The predicted octanol–water partition coefficient (Wildman–Crippen LogP) is -1.17. The number of nitrogens with two attached hydrogens (primary N) is 2. The van der Waals surface area contributed by atoms with E-state index in [-0.39, 0.29) is 18.2 Å². The summed E-state index contributed by atoms with van der Waals surface area (Å²) in [6.45, 7) is 6.18. The number of nitrogens with zero attached hydrogens (tertiary/aromatic N) is 2. The Morgan fingerprint density at radius 3 is 2.58 bits per heavy atom. The Labute approximate surface area is 155 Å². The maximum Gasteiger partial charge on any atom is 0.341 e. The summed E-state index contributed by atoms with van der Waals surface area (Å²) in [6.07, 6.45) is 5.44. The number of carbonyl (C=O) groups excluding carboxylic acids is 1. The average Bonchev–Trinajstić information content (AvgIpc) is 3.20. The van der Waals surface area contributed by atoms with Crippen molar-refractivity contribution in [2.75, 3.05) is 26.2 Å². The van der Waals surface area contributed by atoms with Crippen LogP contribution in [0.4, 0.5) is 0 Å². The van der Waals surface area contributed by atoms with Crippen LogP contribution < -0.4 is 11.1 Å². The molecule has 4 bridgehead atoms. The van der Waals surface area contributed by atoms with Gasteiger partial charge in [0, 0.05) is 35.9 Å². The number of carbonyl (C=O) groups is 1. The Kier molecular flexibility index (Phi) is 3.14. The zero-order valence-electron chi connectivity index (χ0n) is 15.9. The van der Waals surface area contributed by atoms with Crippen molar-refractivity contribution in [2.45, 2.75) is 68.9 Å². The minimum absolute atomic E-state index is 0.0516. The Morgan fingerprint density at radius 1 is 1.19 bits per heavy atom. The molecule has 0 aromatic rings. The first-order valence-corrected chi connectivity index (χ1v) is 10.9. The van der Waals surface area contributed by atoms with Gasteiger partial charge in [-0.25, -0.2) is 0 Å². The van der Waals surface area contributed by atoms with Crippen LogP contribution in [0.15, 0.2) is 0 Å². The van der Waals surface area contributed by atoms with Gasteiger partial charge in [-0.05, 0) is 38.0 Å². The van der Waals surface area contributed by atoms with Gasteiger partial charge >= 0.3 is 5.91 Å². The Morgan fingerprint density at radius 2 is 1.88 bits per heavy atom. The summed E-state index contributed by atoms with van der Waals surface area (Å²) in [4.78, 5) is 16.1. The Bertz CT molecular complexity index is 640. The van der Waals surface area contributed by atoms with E-state index in [4.69, 9.17) is 5.73 Å². The molecule has 8 atom stereocenters. The second-order valence-corrected chi connectivity index (χ2v) is 10.9. The molecular formula is C20H34N4O2+2. The lowest BCUT2D eigenvalue weighted by molar-refractivity contribution is -1.06. The first-order valence-electron chi connectivity index (χ1n) is 10.9. The molecule has 8 unspecified atom stereocenters. The molecule has 0 radical (unpaired) electrons. The molecule has 0 aromatic carbocycles. The average molecular weight is 363 g/mol. The van der Waals surface area contributed by atoms with Gasteiger partial charge in [-0.1, -0.05) is 6.92 Å². The van der Waals surface area contributed by atoms with Crippen molar-refractivity contribution >= 4 is 5.91 Å². The van der Waals surface area contributed by atoms with E-state index in [1.165, 1.54) is 12.8 Å². The molecule has 26 heavy (non-hydrogen) atoms. The zero-order chi connectivity index (χ0) is 17.8. The summed E-state index contributed by atoms with van der Waals surface area (Å²) in [7, 11) is 0. The van der Waals surface area contributed by atoms with Crippen LogP contribution in [0.5, 0.6) is 0 Å². The van der Waals surface area contributed by atoms with Gasteiger partial charge in [0.1, 0.15) is 12.1 Å². The minimum Gasteiger partial charge on any atom is -0.384 e. The molecule has 0 aromatic heterocycles. The number of piperidine rings is 4. The zero-order valence-corrected chi connectivity index (χ0v) is 15.9. The maximum absolute atomic E-state index is 13.8. The molecule has 6 nitrogen and oxygen atoms in total. The number of hydrogen-bond donors (Lipinski definition) is 3. The molecule has 5 aliphatic heterocycles. The highest BCUT2D eigenvalue weighted by molar-refractivity contribution is 5.81. The quantitative estimate of drug-likeness (QED) is 0.514. The smallest absolute Gasteiger partial charge is 0.341 e. The number of rotatable bonds is 1.